The van der Waals surface area contributed by atoms with Crippen LogP contribution in [0.3, 0.4) is 0 Å². The third-order valence-electron chi connectivity index (χ3n) is 10.7. The third kappa shape index (κ3) is 34.0. The highest BCUT2D eigenvalue weighted by Crippen LogP contribution is 2.20. The van der Waals surface area contributed by atoms with Crippen molar-refractivity contribution in [2.75, 3.05) is 13.2 Å². The Bertz CT molecular complexity index is 710. The number of carbonyl (C=O) groups excluding carboxylic acids is 2. The van der Waals surface area contributed by atoms with Crippen LogP contribution >= 0.6 is 0 Å². The van der Waals surface area contributed by atoms with Crippen LogP contribution in [0.15, 0.2) is 0 Å². The third-order valence-corrected chi connectivity index (χ3v) is 10.7. The van der Waals surface area contributed by atoms with Crippen molar-refractivity contribution in [1.29, 1.82) is 0 Å². The van der Waals surface area contributed by atoms with Crippen LogP contribution in [0.1, 0.15) is 246 Å². The molecule has 0 aromatic heterocycles. The summed E-state index contributed by atoms with van der Waals surface area (Å²) in [7, 11) is 0. The summed E-state index contributed by atoms with van der Waals surface area (Å²) in [4.78, 5) is 25.7. The molecule has 0 fully saturated rings. The first-order valence-electron chi connectivity index (χ1n) is 22.5. The molecule has 0 rings (SSSR count). The second-order valence-corrected chi connectivity index (χ2v) is 15.7. The summed E-state index contributed by atoms with van der Waals surface area (Å²) in [5, 5.41) is 10.1. The number of hydrogen-bond acceptors (Lipinski definition) is 5. The molecule has 0 spiro atoms. The Balaban J connectivity index is 4.20. The quantitative estimate of drug-likeness (QED) is 0.0507. The van der Waals surface area contributed by atoms with Crippen LogP contribution in [0.4, 0.5) is 0 Å². The summed E-state index contributed by atoms with van der Waals surface area (Å²) < 4.78 is 11.5. The molecule has 0 amide bonds. The molecule has 0 saturated carbocycles. The first-order valence-corrected chi connectivity index (χ1v) is 22.5. The fourth-order valence-electron chi connectivity index (χ4n) is 7.00. The molecule has 50 heavy (non-hydrogen) atoms. The Morgan fingerprint density at radius 2 is 0.840 bits per heavy atom. The van der Waals surface area contributed by atoms with Crippen molar-refractivity contribution < 1.29 is 24.2 Å². The van der Waals surface area contributed by atoms with Crippen molar-refractivity contribution >= 4 is 11.9 Å². The summed E-state index contributed by atoms with van der Waals surface area (Å²) >= 11 is 0. The van der Waals surface area contributed by atoms with Gasteiger partial charge in [0.2, 0.25) is 0 Å². The molecule has 0 bridgehead atoms. The maximum atomic E-state index is 13.1. The van der Waals surface area contributed by atoms with Gasteiger partial charge >= 0.3 is 11.9 Å². The standard InChI is InChI=1S/C45H88O5/c1-5-9-12-14-15-16-17-18-19-20-21-24-27-30-35-42(45(48)50-39-41(8-4)34-11-7-3)40-49-44(47)38-33-29-26-23-22-25-28-32-37-43(46)36-31-13-10-6-2/h41-43,46H,5-40H2,1-4H3. The van der Waals surface area contributed by atoms with E-state index in [0.717, 1.165) is 83.5 Å². The zero-order valence-electron chi connectivity index (χ0n) is 34.3. The van der Waals surface area contributed by atoms with Gasteiger partial charge in [0.05, 0.1) is 18.6 Å². The number of unbranched alkanes of at least 4 members (excludes halogenated alkanes) is 24. The highest BCUT2D eigenvalue weighted by Gasteiger charge is 2.23. The number of esters is 2. The predicted molar refractivity (Wildman–Crippen MR) is 215 cm³/mol. The van der Waals surface area contributed by atoms with Crippen LogP contribution in [0.25, 0.3) is 0 Å². The predicted octanol–water partition coefficient (Wildman–Crippen LogP) is 14.0. The second kappa shape index (κ2) is 39.1. The van der Waals surface area contributed by atoms with Gasteiger partial charge in [-0.15, -0.1) is 0 Å². The Labute approximate surface area is 312 Å². The fraction of sp³-hybridized carbons (Fsp3) is 0.956. The van der Waals surface area contributed by atoms with Crippen molar-refractivity contribution in [3.05, 3.63) is 0 Å². The van der Waals surface area contributed by atoms with E-state index in [0.29, 0.717) is 18.9 Å². The molecule has 0 saturated heterocycles. The van der Waals surface area contributed by atoms with Crippen LogP contribution in [-0.4, -0.2) is 36.4 Å². The normalized spacial score (nSPS) is 13.3. The maximum Gasteiger partial charge on any atom is 0.312 e. The summed E-state index contributed by atoms with van der Waals surface area (Å²) in [6.07, 6.45) is 39.8. The summed E-state index contributed by atoms with van der Waals surface area (Å²) in [6.45, 7) is 9.52. The van der Waals surface area contributed by atoms with Crippen LogP contribution < -0.4 is 0 Å². The minimum Gasteiger partial charge on any atom is -0.465 e. The molecule has 298 valence electrons. The molecular formula is C45H88O5. The van der Waals surface area contributed by atoms with Gasteiger partial charge in [-0.3, -0.25) is 9.59 Å². The molecule has 0 heterocycles. The molecule has 5 nitrogen and oxygen atoms in total. The van der Waals surface area contributed by atoms with Crippen molar-refractivity contribution in [3.63, 3.8) is 0 Å². The zero-order chi connectivity index (χ0) is 36.8. The van der Waals surface area contributed by atoms with Gasteiger partial charge in [0.1, 0.15) is 6.61 Å². The molecule has 1 N–H and O–H groups in total. The lowest BCUT2D eigenvalue weighted by molar-refractivity contribution is -0.156. The number of ether oxygens (including phenoxy) is 2. The minimum atomic E-state index is -0.345. The number of carbonyl (C=O) groups is 2. The van der Waals surface area contributed by atoms with Gasteiger partial charge in [0.25, 0.3) is 0 Å². The van der Waals surface area contributed by atoms with E-state index < -0.39 is 0 Å². The van der Waals surface area contributed by atoms with Gasteiger partial charge < -0.3 is 14.6 Å². The van der Waals surface area contributed by atoms with Crippen molar-refractivity contribution in [2.24, 2.45) is 11.8 Å². The molecule has 5 heteroatoms. The monoisotopic (exact) mass is 709 g/mol. The van der Waals surface area contributed by atoms with E-state index in [2.05, 4.69) is 27.7 Å². The zero-order valence-corrected chi connectivity index (χ0v) is 34.3. The summed E-state index contributed by atoms with van der Waals surface area (Å²) in [6, 6.07) is 0. The van der Waals surface area contributed by atoms with Crippen molar-refractivity contribution in [2.45, 2.75) is 252 Å². The van der Waals surface area contributed by atoms with E-state index in [1.807, 2.05) is 0 Å². The van der Waals surface area contributed by atoms with Gasteiger partial charge in [-0.25, -0.2) is 0 Å². The van der Waals surface area contributed by atoms with E-state index >= 15 is 0 Å². The molecule has 3 atom stereocenters. The second-order valence-electron chi connectivity index (χ2n) is 15.7. The smallest absolute Gasteiger partial charge is 0.312 e. The SMILES string of the molecule is CCCCCCCCCCCCCCCCC(COC(=O)CCCCCCCCCCC(O)CCCCCC)C(=O)OCC(CC)CCCC. The van der Waals surface area contributed by atoms with E-state index in [9.17, 15) is 14.7 Å². The van der Waals surface area contributed by atoms with Gasteiger partial charge in [-0.05, 0) is 38.0 Å². The molecule has 3 unspecified atom stereocenters. The molecule has 0 aromatic carbocycles. The molecule has 0 aliphatic carbocycles. The van der Waals surface area contributed by atoms with Crippen LogP contribution in [0.2, 0.25) is 0 Å². The van der Waals surface area contributed by atoms with Gasteiger partial charge in [0.15, 0.2) is 0 Å². The first-order chi connectivity index (χ1) is 24.5. The van der Waals surface area contributed by atoms with E-state index in [4.69, 9.17) is 9.47 Å². The average molecular weight is 709 g/mol. The lowest BCUT2D eigenvalue weighted by Crippen LogP contribution is -2.26. The first kappa shape index (κ1) is 48.9. The lowest BCUT2D eigenvalue weighted by Gasteiger charge is -2.19. The van der Waals surface area contributed by atoms with Crippen molar-refractivity contribution in [1.82, 2.24) is 0 Å². The number of hydrogen-bond donors (Lipinski definition) is 1. The topological polar surface area (TPSA) is 72.8 Å². The van der Waals surface area contributed by atoms with Crippen LogP contribution in [0.5, 0.6) is 0 Å². The molecule has 0 aliphatic rings. The fourth-order valence-corrected chi connectivity index (χ4v) is 7.00. The highest BCUT2D eigenvalue weighted by atomic mass is 16.5. The number of rotatable bonds is 40. The average Bonchev–Trinajstić information content (AvgIpc) is 3.12. The number of aliphatic hydroxyl groups is 1. The van der Waals surface area contributed by atoms with Gasteiger partial charge in [-0.2, -0.15) is 0 Å². The highest BCUT2D eigenvalue weighted by molar-refractivity contribution is 5.74. The molecular weight excluding hydrogens is 620 g/mol. The summed E-state index contributed by atoms with van der Waals surface area (Å²) in [5.74, 6) is -0.279. The van der Waals surface area contributed by atoms with E-state index in [1.54, 1.807) is 0 Å². The Morgan fingerprint density at radius 3 is 1.30 bits per heavy atom. The molecule has 0 aromatic rings. The Morgan fingerprint density at radius 1 is 0.440 bits per heavy atom. The maximum absolute atomic E-state index is 13.1. The minimum absolute atomic E-state index is 0.111. The molecule has 0 radical (unpaired) electrons. The number of aliphatic hydroxyl groups excluding tert-OH is 1. The van der Waals surface area contributed by atoms with E-state index in [1.165, 1.54) is 128 Å². The Hall–Kier alpha value is -1.10. The summed E-state index contributed by atoms with van der Waals surface area (Å²) in [5.41, 5.74) is 0. The largest absolute Gasteiger partial charge is 0.465 e. The lowest BCUT2D eigenvalue weighted by atomic mass is 9.99. The van der Waals surface area contributed by atoms with Crippen LogP contribution in [0, 0.1) is 11.8 Å². The van der Waals surface area contributed by atoms with Gasteiger partial charge in [-0.1, -0.05) is 207 Å². The van der Waals surface area contributed by atoms with Crippen molar-refractivity contribution in [3.8, 4) is 0 Å². The Kier molecular flexibility index (Phi) is 38.3. The molecule has 0 aliphatic heterocycles. The van der Waals surface area contributed by atoms with Gasteiger partial charge in [0, 0.05) is 6.42 Å². The van der Waals surface area contributed by atoms with E-state index in [-0.39, 0.29) is 30.6 Å². The van der Waals surface area contributed by atoms with Crippen LogP contribution in [-0.2, 0) is 19.1 Å².